The van der Waals surface area contributed by atoms with Crippen LogP contribution in [0, 0.1) is 0 Å². The molecule has 23 heavy (non-hydrogen) atoms. The van der Waals surface area contributed by atoms with Crippen LogP contribution in [0.4, 0.5) is 11.4 Å². The van der Waals surface area contributed by atoms with E-state index in [-0.39, 0.29) is 10.9 Å². The normalized spacial score (nSPS) is 17.0. The summed E-state index contributed by atoms with van der Waals surface area (Å²) < 4.78 is 22.6. The third-order valence-electron chi connectivity index (χ3n) is 3.86. The van der Waals surface area contributed by atoms with Crippen molar-refractivity contribution in [1.82, 2.24) is 0 Å². The fourth-order valence-corrected chi connectivity index (χ4v) is 3.70. The molecule has 3 rings (SSSR count). The largest absolute Gasteiger partial charge is 0.332 e. The zero-order valence-electron chi connectivity index (χ0n) is 12.6. The monoisotopic (exact) mass is 347 g/mol. The molecule has 0 bridgehead atoms. The van der Waals surface area contributed by atoms with Gasteiger partial charge in [-0.2, -0.15) is 0 Å². The predicted molar refractivity (Wildman–Crippen MR) is 96.1 cm³/mol. The summed E-state index contributed by atoms with van der Waals surface area (Å²) in [6.45, 7) is 2.12. The van der Waals surface area contributed by atoms with E-state index in [2.05, 4.69) is 29.3 Å². The Labute approximate surface area is 141 Å². The first-order chi connectivity index (χ1) is 10.9. The second-order valence-electron chi connectivity index (χ2n) is 5.55. The Balaban J connectivity index is 1.80. The van der Waals surface area contributed by atoms with E-state index in [1.807, 2.05) is 12.1 Å². The topological polar surface area (TPSA) is 75.4 Å². The van der Waals surface area contributed by atoms with E-state index < -0.39 is 10.0 Å². The van der Waals surface area contributed by atoms with E-state index in [9.17, 15) is 8.42 Å². The highest BCUT2D eigenvalue weighted by atomic mass is 32.2. The van der Waals surface area contributed by atoms with Crippen molar-refractivity contribution < 1.29 is 8.42 Å². The highest BCUT2D eigenvalue weighted by molar-refractivity contribution is 7.89. The van der Waals surface area contributed by atoms with E-state index in [4.69, 9.17) is 17.4 Å². The van der Waals surface area contributed by atoms with Gasteiger partial charge in [0, 0.05) is 17.4 Å². The summed E-state index contributed by atoms with van der Waals surface area (Å²) in [4.78, 5) is 2.16. The summed E-state index contributed by atoms with van der Waals surface area (Å²) in [5, 5.41) is 8.84. The number of thiocarbonyl (C=S) groups is 1. The number of nitrogens with two attached hydrogens (primary N) is 1. The molecule has 0 amide bonds. The molecule has 2 aromatic rings. The maximum atomic E-state index is 11.3. The Bertz CT molecular complexity index is 848. The number of benzene rings is 2. The predicted octanol–water partition coefficient (Wildman–Crippen LogP) is 2.48. The van der Waals surface area contributed by atoms with Gasteiger partial charge in [-0.3, -0.25) is 0 Å². The van der Waals surface area contributed by atoms with Gasteiger partial charge >= 0.3 is 0 Å². The summed E-state index contributed by atoms with van der Waals surface area (Å²) in [5.41, 5.74) is 3.10. The molecule has 2 aromatic carbocycles. The lowest BCUT2D eigenvalue weighted by Crippen LogP contribution is -2.38. The van der Waals surface area contributed by atoms with Crippen LogP contribution in [0.1, 0.15) is 12.5 Å². The average molecular weight is 347 g/mol. The standard InChI is InChI=1S/C16H17N3O2S2/c1-11-10-12-4-2-3-5-15(12)19(11)16(22)18-13-6-8-14(9-7-13)23(17,20)21/h2-9,11H,10H2,1H3,(H,18,22)(H2,17,20,21)/t11-/m1/s1. The molecule has 3 N–H and O–H groups in total. The van der Waals surface area contributed by atoms with Gasteiger partial charge in [0.2, 0.25) is 10.0 Å². The van der Waals surface area contributed by atoms with Crippen molar-refractivity contribution in [3.8, 4) is 0 Å². The molecule has 120 valence electrons. The van der Waals surface area contributed by atoms with Crippen molar-refractivity contribution in [1.29, 1.82) is 0 Å². The van der Waals surface area contributed by atoms with Gasteiger partial charge in [-0.15, -0.1) is 0 Å². The number of nitrogens with one attached hydrogen (secondary N) is 1. The average Bonchev–Trinajstić information content (AvgIpc) is 2.82. The van der Waals surface area contributed by atoms with Gasteiger partial charge in [0.05, 0.1) is 4.90 Å². The van der Waals surface area contributed by atoms with Crippen LogP contribution in [0.2, 0.25) is 0 Å². The molecule has 1 aliphatic rings. The summed E-state index contributed by atoms with van der Waals surface area (Å²) >= 11 is 5.53. The van der Waals surface area contributed by atoms with Crippen molar-refractivity contribution in [3.63, 3.8) is 0 Å². The summed E-state index contributed by atoms with van der Waals surface area (Å²) in [7, 11) is -3.68. The minimum absolute atomic E-state index is 0.0776. The number of nitrogens with zero attached hydrogens (tertiary/aromatic N) is 1. The number of anilines is 2. The van der Waals surface area contributed by atoms with Crippen LogP contribution in [-0.4, -0.2) is 19.6 Å². The zero-order chi connectivity index (χ0) is 16.6. The minimum Gasteiger partial charge on any atom is -0.332 e. The number of primary sulfonamides is 1. The minimum atomic E-state index is -3.68. The number of hydrogen-bond donors (Lipinski definition) is 2. The molecule has 0 spiro atoms. The molecular formula is C16H17N3O2S2. The maximum absolute atomic E-state index is 11.3. The number of fused-ring (bicyclic) bond motifs is 1. The smallest absolute Gasteiger partial charge is 0.238 e. The second-order valence-corrected chi connectivity index (χ2v) is 7.50. The Morgan fingerprint density at radius 1 is 1.22 bits per heavy atom. The molecular weight excluding hydrogens is 330 g/mol. The summed E-state index contributed by atoms with van der Waals surface area (Å²) in [5.74, 6) is 0. The van der Waals surface area contributed by atoms with Gasteiger partial charge in [-0.1, -0.05) is 18.2 Å². The summed E-state index contributed by atoms with van der Waals surface area (Å²) in [6.07, 6.45) is 0.947. The zero-order valence-corrected chi connectivity index (χ0v) is 14.2. The third-order valence-corrected chi connectivity index (χ3v) is 5.09. The van der Waals surface area contributed by atoms with Crippen molar-refractivity contribution in [2.75, 3.05) is 10.2 Å². The molecule has 0 aromatic heterocycles. The van der Waals surface area contributed by atoms with E-state index in [1.165, 1.54) is 17.7 Å². The molecule has 7 heteroatoms. The maximum Gasteiger partial charge on any atom is 0.238 e. The van der Waals surface area contributed by atoms with Crippen molar-refractivity contribution >= 4 is 38.7 Å². The van der Waals surface area contributed by atoms with Gasteiger partial charge < -0.3 is 10.2 Å². The fourth-order valence-electron chi connectivity index (χ4n) is 2.79. The first-order valence-corrected chi connectivity index (χ1v) is 9.13. The first kappa shape index (κ1) is 15.9. The number of rotatable bonds is 2. The highest BCUT2D eigenvalue weighted by Crippen LogP contribution is 2.32. The van der Waals surface area contributed by atoms with E-state index in [1.54, 1.807) is 12.1 Å². The van der Waals surface area contributed by atoms with Crippen molar-refractivity contribution in [2.45, 2.75) is 24.3 Å². The van der Waals surface area contributed by atoms with Crippen LogP contribution in [0.15, 0.2) is 53.4 Å². The van der Waals surface area contributed by atoms with Gasteiger partial charge in [-0.25, -0.2) is 13.6 Å². The lowest BCUT2D eigenvalue weighted by atomic mass is 10.1. The van der Waals surface area contributed by atoms with E-state index >= 15 is 0 Å². The third kappa shape index (κ3) is 3.21. The Morgan fingerprint density at radius 2 is 1.87 bits per heavy atom. The fraction of sp³-hybridized carbons (Fsp3) is 0.188. The Kier molecular flexibility index (Phi) is 4.09. The molecule has 5 nitrogen and oxygen atoms in total. The highest BCUT2D eigenvalue weighted by Gasteiger charge is 2.28. The quantitative estimate of drug-likeness (QED) is 0.817. The molecule has 0 fully saturated rings. The van der Waals surface area contributed by atoms with Gasteiger partial charge in [-0.05, 0) is 61.5 Å². The van der Waals surface area contributed by atoms with Crippen LogP contribution in [-0.2, 0) is 16.4 Å². The van der Waals surface area contributed by atoms with Crippen LogP contribution < -0.4 is 15.4 Å². The lowest BCUT2D eigenvalue weighted by Gasteiger charge is -2.26. The Hall–Kier alpha value is -1.96. The van der Waals surface area contributed by atoms with Gasteiger partial charge in [0.15, 0.2) is 5.11 Å². The van der Waals surface area contributed by atoms with Crippen LogP contribution >= 0.6 is 12.2 Å². The molecule has 0 saturated carbocycles. The van der Waals surface area contributed by atoms with E-state index in [0.717, 1.165) is 17.8 Å². The molecule has 1 atom stereocenters. The second kappa shape index (κ2) is 5.92. The van der Waals surface area contributed by atoms with Crippen LogP contribution in [0.25, 0.3) is 0 Å². The van der Waals surface area contributed by atoms with Crippen LogP contribution in [0.5, 0.6) is 0 Å². The number of para-hydroxylation sites is 1. The molecule has 0 saturated heterocycles. The van der Waals surface area contributed by atoms with E-state index in [0.29, 0.717) is 5.11 Å². The molecule has 0 aliphatic carbocycles. The first-order valence-electron chi connectivity index (χ1n) is 7.17. The molecule has 1 heterocycles. The van der Waals surface area contributed by atoms with Gasteiger partial charge in [0.25, 0.3) is 0 Å². The molecule has 0 unspecified atom stereocenters. The van der Waals surface area contributed by atoms with Crippen molar-refractivity contribution in [2.24, 2.45) is 5.14 Å². The van der Waals surface area contributed by atoms with Gasteiger partial charge in [0.1, 0.15) is 0 Å². The van der Waals surface area contributed by atoms with Crippen molar-refractivity contribution in [3.05, 3.63) is 54.1 Å². The number of hydrogen-bond acceptors (Lipinski definition) is 3. The summed E-state index contributed by atoms with van der Waals surface area (Å²) in [6, 6.07) is 14.7. The Morgan fingerprint density at radius 3 is 2.52 bits per heavy atom. The number of sulfonamides is 1. The SMILES string of the molecule is C[C@@H]1Cc2ccccc2N1C(=S)Nc1ccc(S(N)(=O)=O)cc1. The molecule has 0 radical (unpaired) electrons. The lowest BCUT2D eigenvalue weighted by molar-refractivity contribution is 0.598. The van der Waals surface area contributed by atoms with Crippen LogP contribution in [0.3, 0.4) is 0 Å². The molecule has 1 aliphatic heterocycles.